The normalized spacial score (nSPS) is 21.0. The van der Waals surface area contributed by atoms with Gasteiger partial charge in [-0.25, -0.2) is 0 Å². The zero-order chi connectivity index (χ0) is 15.8. The molecule has 0 aromatic carbocycles. The van der Waals surface area contributed by atoms with Crippen LogP contribution in [-0.4, -0.2) is 40.9 Å². The Kier molecular flexibility index (Phi) is 8.22. The Morgan fingerprint density at radius 2 is 1.86 bits per heavy atom. The summed E-state index contributed by atoms with van der Waals surface area (Å²) in [5.74, 6) is 0.546. The molecule has 0 unspecified atom stereocenters. The van der Waals surface area contributed by atoms with Crippen LogP contribution in [0.15, 0.2) is 0 Å². The Morgan fingerprint density at radius 3 is 2.38 bits per heavy atom. The zero-order valence-electron chi connectivity index (χ0n) is 13.4. The van der Waals surface area contributed by atoms with Gasteiger partial charge in [0.25, 0.3) is 0 Å². The van der Waals surface area contributed by atoms with Gasteiger partial charge in [0.2, 0.25) is 5.91 Å². The number of hydrogen-bond acceptors (Lipinski definition) is 4. The summed E-state index contributed by atoms with van der Waals surface area (Å²) in [7, 11) is 0. The highest BCUT2D eigenvalue weighted by molar-refractivity contribution is 5.78. The van der Waals surface area contributed by atoms with Crippen molar-refractivity contribution in [3.05, 3.63) is 0 Å². The molecule has 0 bridgehead atoms. The highest BCUT2D eigenvalue weighted by Gasteiger charge is 2.30. The molecule has 3 atom stereocenters. The van der Waals surface area contributed by atoms with Gasteiger partial charge in [0, 0.05) is 0 Å². The van der Waals surface area contributed by atoms with Crippen molar-refractivity contribution in [1.82, 2.24) is 5.32 Å². The van der Waals surface area contributed by atoms with Gasteiger partial charge in [0.05, 0.1) is 18.7 Å². The van der Waals surface area contributed by atoms with Crippen LogP contribution in [0.5, 0.6) is 0 Å². The number of carbonyl (C=O) groups excluding carboxylic acids is 1. The van der Waals surface area contributed by atoms with Gasteiger partial charge in [-0.1, -0.05) is 46.0 Å². The molecule has 0 aromatic rings. The summed E-state index contributed by atoms with van der Waals surface area (Å²) in [5.41, 5.74) is 5.35. The van der Waals surface area contributed by atoms with Crippen molar-refractivity contribution in [3.8, 4) is 0 Å². The fourth-order valence-corrected chi connectivity index (χ4v) is 3.22. The standard InChI is InChI=1S/C16H32N2O3/c1-11(2)8-14(19)16(21)13(18-15(20)10-17)9-12-6-4-3-5-7-12/h11-14,16,19,21H,3-10,17H2,1-2H3,(H,18,20)/t13-,14-,16+/m0/s1. The predicted molar refractivity (Wildman–Crippen MR) is 83.6 cm³/mol. The Labute approximate surface area is 128 Å². The molecule has 1 fully saturated rings. The van der Waals surface area contributed by atoms with Crippen LogP contribution in [0.3, 0.4) is 0 Å². The lowest BCUT2D eigenvalue weighted by Crippen LogP contribution is -2.51. The number of rotatable bonds is 8. The Hall–Kier alpha value is -0.650. The predicted octanol–water partition coefficient (Wildman–Crippen LogP) is 1.17. The van der Waals surface area contributed by atoms with Crippen molar-refractivity contribution in [3.63, 3.8) is 0 Å². The Balaban J connectivity index is 2.62. The lowest BCUT2D eigenvalue weighted by molar-refractivity contribution is -0.122. The van der Waals surface area contributed by atoms with Crippen LogP contribution in [0.4, 0.5) is 0 Å². The van der Waals surface area contributed by atoms with Gasteiger partial charge >= 0.3 is 0 Å². The zero-order valence-corrected chi connectivity index (χ0v) is 13.4. The van der Waals surface area contributed by atoms with Crippen molar-refractivity contribution in [2.24, 2.45) is 17.6 Å². The molecule has 5 nitrogen and oxygen atoms in total. The SMILES string of the molecule is CC(C)C[C@H](O)[C@H](O)[C@H](CC1CCCCC1)NC(=O)CN. The van der Waals surface area contributed by atoms with Crippen molar-refractivity contribution in [2.75, 3.05) is 6.54 Å². The highest BCUT2D eigenvalue weighted by Crippen LogP contribution is 2.28. The molecule has 5 N–H and O–H groups in total. The summed E-state index contributed by atoms with van der Waals surface area (Å²) >= 11 is 0. The smallest absolute Gasteiger partial charge is 0.234 e. The second kappa shape index (κ2) is 9.38. The molecule has 0 saturated heterocycles. The summed E-state index contributed by atoms with van der Waals surface area (Å²) in [6.45, 7) is 3.92. The second-order valence-corrected chi connectivity index (χ2v) is 6.81. The largest absolute Gasteiger partial charge is 0.390 e. The lowest BCUT2D eigenvalue weighted by Gasteiger charge is -2.32. The molecule has 1 rings (SSSR count). The number of aliphatic hydroxyl groups excluding tert-OH is 2. The van der Waals surface area contributed by atoms with Gasteiger partial charge < -0.3 is 21.3 Å². The number of carbonyl (C=O) groups is 1. The van der Waals surface area contributed by atoms with Crippen molar-refractivity contribution < 1.29 is 15.0 Å². The van der Waals surface area contributed by atoms with Gasteiger partial charge in [-0.2, -0.15) is 0 Å². The molecule has 1 amide bonds. The fourth-order valence-electron chi connectivity index (χ4n) is 3.22. The molecule has 0 aliphatic heterocycles. The first-order valence-electron chi connectivity index (χ1n) is 8.29. The van der Waals surface area contributed by atoms with E-state index in [0.717, 1.165) is 19.3 Å². The van der Waals surface area contributed by atoms with Crippen LogP contribution < -0.4 is 11.1 Å². The van der Waals surface area contributed by atoms with Crippen LogP contribution in [0.2, 0.25) is 0 Å². The average Bonchev–Trinajstić information content (AvgIpc) is 2.46. The maximum Gasteiger partial charge on any atom is 0.234 e. The van der Waals surface area contributed by atoms with Gasteiger partial charge in [-0.05, 0) is 24.7 Å². The minimum atomic E-state index is -0.926. The van der Waals surface area contributed by atoms with E-state index in [1.807, 2.05) is 13.8 Å². The number of hydrogen-bond donors (Lipinski definition) is 4. The minimum absolute atomic E-state index is 0.0891. The third-order valence-corrected chi connectivity index (χ3v) is 4.36. The highest BCUT2D eigenvalue weighted by atomic mass is 16.3. The molecule has 124 valence electrons. The van der Waals surface area contributed by atoms with Crippen LogP contribution in [0.25, 0.3) is 0 Å². The third-order valence-electron chi connectivity index (χ3n) is 4.36. The molecular weight excluding hydrogens is 268 g/mol. The first kappa shape index (κ1) is 18.4. The van der Waals surface area contributed by atoms with Gasteiger partial charge in [-0.3, -0.25) is 4.79 Å². The monoisotopic (exact) mass is 300 g/mol. The second-order valence-electron chi connectivity index (χ2n) is 6.81. The van der Waals surface area contributed by atoms with E-state index in [4.69, 9.17) is 5.73 Å². The minimum Gasteiger partial charge on any atom is -0.390 e. The molecule has 1 aliphatic rings. The molecule has 5 heteroatoms. The summed E-state index contributed by atoms with van der Waals surface area (Å²) in [4.78, 5) is 11.6. The van der Waals surface area contributed by atoms with Crippen LogP contribution in [-0.2, 0) is 4.79 Å². The van der Waals surface area contributed by atoms with Crippen LogP contribution in [0, 0.1) is 11.8 Å². The molecule has 0 spiro atoms. The summed E-state index contributed by atoms with van der Waals surface area (Å²) in [5, 5.41) is 23.3. The maximum atomic E-state index is 11.6. The van der Waals surface area contributed by atoms with E-state index < -0.39 is 18.2 Å². The quantitative estimate of drug-likeness (QED) is 0.541. The molecule has 1 saturated carbocycles. The van der Waals surface area contributed by atoms with E-state index in [-0.39, 0.29) is 12.5 Å². The summed E-state index contributed by atoms with van der Waals surface area (Å²) < 4.78 is 0. The van der Waals surface area contributed by atoms with E-state index in [0.29, 0.717) is 18.3 Å². The molecule has 0 heterocycles. The van der Waals surface area contributed by atoms with Crippen molar-refractivity contribution in [2.45, 2.75) is 77.0 Å². The number of amides is 1. The van der Waals surface area contributed by atoms with E-state index in [9.17, 15) is 15.0 Å². The fraction of sp³-hybridized carbons (Fsp3) is 0.938. The van der Waals surface area contributed by atoms with Gasteiger partial charge in [-0.15, -0.1) is 0 Å². The molecule has 21 heavy (non-hydrogen) atoms. The molecular formula is C16H32N2O3. The van der Waals surface area contributed by atoms with Crippen LogP contribution >= 0.6 is 0 Å². The van der Waals surface area contributed by atoms with E-state index in [1.165, 1.54) is 19.3 Å². The number of nitrogens with one attached hydrogen (secondary N) is 1. The van der Waals surface area contributed by atoms with E-state index in [2.05, 4.69) is 5.32 Å². The third kappa shape index (κ3) is 6.76. The molecule has 0 radical (unpaired) electrons. The van der Waals surface area contributed by atoms with Crippen LogP contribution in [0.1, 0.15) is 58.8 Å². The van der Waals surface area contributed by atoms with E-state index in [1.54, 1.807) is 0 Å². The average molecular weight is 300 g/mol. The number of aliphatic hydroxyl groups is 2. The Bertz CT molecular complexity index is 304. The maximum absolute atomic E-state index is 11.6. The topological polar surface area (TPSA) is 95.6 Å². The first-order chi connectivity index (χ1) is 9.93. The Morgan fingerprint density at radius 1 is 1.24 bits per heavy atom. The van der Waals surface area contributed by atoms with Crippen molar-refractivity contribution >= 4 is 5.91 Å². The first-order valence-corrected chi connectivity index (χ1v) is 8.29. The van der Waals surface area contributed by atoms with E-state index >= 15 is 0 Å². The summed E-state index contributed by atoms with van der Waals surface area (Å²) in [6, 6.07) is -0.405. The number of nitrogens with two attached hydrogens (primary N) is 1. The molecule has 1 aliphatic carbocycles. The lowest BCUT2D eigenvalue weighted by atomic mass is 9.82. The van der Waals surface area contributed by atoms with Gasteiger partial charge in [0.15, 0.2) is 0 Å². The molecule has 0 aromatic heterocycles. The van der Waals surface area contributed by atoms with Crippen molar-refractivity contribution in [1.29, 1.82) is 0 Å². The van der Waals surface area contributed by atoms with Gasteiger partial charge in [0.1, 0.15) is 6.10 Å². The summed E-state index contributed by atoms with van der Waals surface area (Å²) in [6.07, 6.45) is 5.50.